The van der Waals surface area contributed by atoms with E-state index < -0.39 is 0 Å². The normalized spacial score (nSPS) is 8.55. The van der Waals surface area contributed by atoms with Gasteiger partial charge in [-0.2, -0.15) is 0 Å². The smallest absolute Gasteiger partial charge is 0.256 e. The molecule has 0 rings (SSSR count). The van der Waals surface area contributed by atoms with E-state index in [2.05, 4.69) is 19.1 Å². The third kappa shape index (κ3) is 6.38. The standard InChI is InChI=1S/C7H15NOS.ClH/c1-3-5-6-8(4-2)7(9)10;/h3-6H2,1-2H3,(H,9,10);1H. The first kappa shape index (κ1) is 13.6. The highest BCUT2D eigenvalue weighted by atomic mass is 35.5. The van der Waals surface area contributed by atoms with Crippen LogP contribution in [-0.2, 0) is 0 Å². The number of unbranched alkanes of at least 4 members (excludes halogenated alkanes) is 1. The summed E-state index contributed by atoms with van der Waals surface area (Å²) in [5.41, 5.74) is 0. The van der Waals surface area contributed by atoms with E-state index in [0.717, 1.165) is 25.9 Å². The van der Waals surface area contributed by atoms with Gasteiger partial charge in [0.1, 0.15) is 0 Å². The Morgan fingerprint density at radius 2 is 2.00 bits per heavy atom. The number of nitrogens with zero attached hydrogens (tertiary/aromatic N) is 1. The highest BCUT2D eigenvalue weighted by Gasteiger charge is 2.02. The first-order valence-corrected chi connectivity index (χ1v) is 4.11. The van der Waals surface area contributed by atoms with E-state index in [1.807, 2.05) is 6.92 Å². The molecule has 4 heteroatoms. The average molecular weight is 198 g/mol. The number of aliphatic hydroxyl groups excluding tert-OH is 1. The zero-order valence-corrected chi connectivity index (χ0v) is 8.67. The van der Waals surface area contributed by atoms with Crippen molar-refractivity contribution in [1.82, 2.24) is 4.90 Å². The topological polar surface area (TPSA) is 23.5 Å². The predicted molar refractivity (Wildman–Crippen MR) is 54.6 cm³/mol. The molecule has 0 saturated carbocycles. The summed E-state index contributed by atoms with van der Waals surface area (Å²) < 4.78 is 0. The highest BCUT2D eigenvalue weighted by Crippen LogP contribution is 1.94. The summed E-state index contributed by atoms with van der Waals surface area (Å²) in [4.78, 5) is 1.79. The Bertz CT molecular complexity index is 111. The van der Waals surface area contributed by atoms with Crippen LogP contribution < -0.4 is 0 Å². The number of halogens is 1. The van der Waals surface area contributed by atoms with Gasteiger partial charge in [0.05, 0.1) is 0 Å². The Kier molecular flexibility index (Phi) is 9.96. The number of rotatable bonds is 4. The Morgan fingerprint density at radius 3 is 2.27 bits per heavy atom. The minimum Gasteiger partial charge on any atom is -0.487 e. The largest absolute Gasteiger partial charge is 0.487 e. The maximum Gasteiger partial charge on any atom is 0.256 e. The second-order valence-electron chi connectivity index (χ2n) is 2.22. The van der Waals surface area contributed by atoms with Gasteiger partial charge in [-0.1, -0.05) is 13.3 Å². The molecule has 0 radical (unpaired) electrons. The second-order valence-corrected chi connectivity index (χ2v) is 2.58. The maximum absolute atomic E-state index is 8.90. The molecule has 0 aliphatic rings. The van der Waals surface area contributed by atoms with Crippen LogP contribution in [0, 0.1) is 0 Å². The van der Waals surface area contributed by atoms with E-state index in [1.54, 1.807) is 4.90 Å². The summed E-state index contributed by atoms with van der Waals surface area (Å²) in [6, 6.07) is 0. The lowest BCUT2D eigenvalue weighted by atomic mass is 10.3. The average Bonchev–Trinajstić information content (AvgIpc) is 1.89. The van der Waals surface area contributed by atoms with Gasteiger partial charge in [0.2, 0.25) is 0 Å². The Hall–Kier alpha value is -0.0200. The number of hydrogen-bond acceptors (Lipinski definition) is 1. The van der Waals surface area contributed by atoms with Gasteiger partial charge in [-0.25, -0.2) is 0 Å². The first-order valence-electron chi connectivity index (χ1n) is 3.70. The number of thiocarbonyl (C=S) groups is 1. The fourth-order valence-electron chi connectivity index (χ4n) is 0.738. The third-order valence-electron chi connectivity index (χ3n) is 1.43. The zero-order chi connectivity index (χ0) is 7.98. The monoisotopic (exact) mass is 197 g/mol. The molecule has 0 bridgehead atoms. The first-order chi connectivity index (χ1) is 4.72. The molecule has 0 fully saturated rings. The van der Waals surface area contributed by atoms with Crippen LogP contribution in [0.15, 0.2) is 0 Å². The molecule has 0 aromatic heterocycles. The Balaban J connectivity index is 0. The molecule has 11 heavy (non-hydrogen) atoms. The van der Waals surface area contributed by atoms with Crippen molar-refractivity contribution in [1.29, 1.82) is 0 Å². The van der Waals surface area contributed by atoms with E-state index >= 15 is 0 Å². The van der Waals surface area contributed by atoms with Gasteiger partial charge < -0.3 is 10.0 Å². The van der Waals surface area contributed by atoms with Gasteiger partial charge in [-0.15, -0.1) is 12.4 Å². The van der Waals surface area contributed by atoms with Crippen molar-refractivity contribution < 1.29 is 5.11 Å². The van der Waals surface area contributed by atoms with Gasteiger partial charge in [-0.3, -0.25) is 0 Å². The van der Waals surface area contributed by atoms with Crippen LogP contribution in [0.3, 0.4) is 0 Å². The summed E-state index contributed by atoms with van der Waals surface area (Å²) in [6.07, 6.45) is 2.23. The van der Waals surface area contributed by atoms with Gasteiger partial charge >= 0.3 is 0 Å². The van der Waals surface area contributed by atoms with Crippen LogP contribution in [0.5, 0.6) is 0 Å². The van der Waals surface area contributed by atoms with Gasteiger partial charge in [0.25, 0.3) is 5.17 Å². The van der Waals surface area contributed by atoms with Crippen LogP contribution >= 0.6 is 24.6 Å². The molecule has 0 aliphatic carbocycles. The SMILES string of the molecule is CCCCN(CC)C(O)=S.Cl. The van der Waals surface area contributed by atoms with Crippen molar-refractivity contribution >= 4 is 29.8 Å². The predicted octanol–water partition coefficient (Wildman–Crippen LogP) is 2.37. The van der Waals surface area contributed by atoms with Gasteiger partial charge in [0.15, 0.2) is 0 Å². The summed E-state index contributed by atoms with van der Waals surface area (Å²) in [7, 11) is 0. The lowest BCUT2D eigenvalue weighted by molar-refractivity contribution is 0.352. The summed E-state index contributed by atoms with van der Waals surface area (Å²) in [6.45, 7) is 5.78. The number of aliphatic hydroxyl groups is 1. The summed E-state index contributed by atoms with van der Waals surface area (Å²) in [5.74, 6) is 0. The van der Waals surface area contributed by atoms with Crippen LogP contribution in [0.4, 0.5) is 0 Å². The minimum atomic E-state index is 0. The van der Waals surface area contributed by atoms with E-state index in [0.29, 0.717) is 0 Å². The lowest BCUT2D eigenvalue weighted by Gasteiger charge is -2.18. The Morgan fingerprint density at radius 1 is 1.45 bits per heavy atom. The fraction of sp³-hybridized carbons (Fsp3) is 0.857. The van der Waals surface area contributed by atoms with E-state index in [4.69, 9.17) is 5.11 Å². The van der Waals surface area contributed by atoms with Crippen molar-refractivity contribution in [2.75, 3.05) is 13.1 Å². The molecule has 0 unspecified atom stereocenters. The van der Waals surface area contributed by atoms with E-state index in [1.165, 1.54) is 0 Å². The van der Waals surface area contributed by atoms with E-state index in [-0.39, 0.29) is 17.6 Å². The van der Waals surface area contributed by atoms with Crippen molar-refractivity contribution in [2.45, 2.75) is 26.7 Å². The fourth-order valence-corrected chi connectivity index (χ4v) is 0.958. The molecule has 0 aromatic rings. The highest BCUT2D eigenvalue weighted by molar-refractivity contribution is 7.79. The molecule has 2 nitrogen and oxygen atoms in total. The van der Waals surface area contributed by atoms with Crippen molar-refractivity contribution in [3.63, 3.8) is 0 Å². The van der Waals surface area contributed by atoms with Gasteiger partial charge in [0, 0.05) is 13.1 Å². The Labute approximate surface area is 80.0 Å². The van der Waals surface area contributed by atoms with Crippen molar-refractivity contribution in [2.24, 2.45) is 0 Å². The number of hydrogen-bond donors (Lipinski definition) is 1. The molecular weight excluding hydrogens is 182 g/mol. The molecule has 0 aliphatic heterocycles. The van der Waals surface area contributed by atoms with Crippen LogP contribution in [0.1, 0.15) is 26.7 Å². The molecule has 0 amide bonds. The minimum absolute atomic E-state index is 0. The molecule has 0 aromatic carbocycles. The molecule has 0 atom stereocenters. The molecular formula is C7H16ClNOS. The van der Waals surface area contributed by atoms with Gasteiger partial charge in [-0.05, 0) is 25.6 Å². The van der Waals surface area contributed by atoms with Crippen LogP contribution in [-0.4, -0.2) is 28.3 Å². The van der Waals surface area contributed by atoms with Crippen molar-refractivity contribution in [3.05, 3.63) is 0 Å². The third-order valence-corrected chi connectivity index (χ3v) is 1.69. The summed E-state index contributed by atoms with van der Waals surface area (Å²) >= 11 is 4.61. The van der Waals surface area contributed by atoms with Crippen LogP contribution in [0.2, 0.25) is 0 Å². The lowest BCUT2D eigenvalue weighted by Crippen LogP contribution is -2.29. The van der Waals surface area contributed by atoms with Crippen LogP contribution in [0.25, 0.3) is 0 Å². The summed E-state index contributed by atoms with van der Waals surface area (Å²) in [5, 5.41) is 8.92. The van der Waals surface area contributed by atoms with E-state index in [9.17, 15) is 0 Å². The molecule has 1 N–H and O–H groups in total. The molecule has 0 spiro atoms. The quantitative estimate of drug-likeness (QED) is 0.701. The molecule has 0 saturated heterocycles. The second kappa shape index (κ2) is 8.08. The molecule has 0 heterocycles. The molecule has 68 valence electrons. The zero-order valence-electron chi connectivity index (χ0n) is 7.04. The maximum atomic E-state index is 8.90. The van der Waals surface area contributed by atoms with Crippen molar-refractivity contribution in [3.8, 4) is 0 Å².